The van der Waals surface area contributed by atoms with Crippen molar-refractivity contribution in [3.8, 4) is 0 Å². The molecule has 5 nitrogen and oxygen atoms in total. The molecule has 1 aromatic carbocycles. The zero-order chi connectivity index (χ0) is 16.1. The van der Waals surface area contributed by atoms with E-state index in [0.29, 0.717) is 11.3 Å². The second-order valence-electron chi connectivity index (χ2n) is 5.91. The number of nitrogens with zero attached hydrogens (tertiary/aromatic N) is 1. The Labute approximate surface area is 135 Å². The Kier molecular flexibility index (Phi) is 5.10. The lowest BCUT2D eigenvalue weighted by Crippen LogP contribution is -2.30. The standard InChI is InChI=1S/C18H22N2O3/c21-13-16(17-7-4-10-23-17)19-18(22)15-6-3-5-14(11-15)12-20-8-1-2-9-20/h3-7,10-11,16,21H,1-2,8-9,12-13H2,(H,19,22). The van der Waals surface area contributed by atoms with Gasteiger partial charge in [-0.1, -0.05) is 12.1 Å². The molecular weight excluding hydrogens is 292 g/mol. The summed E-state index contributed by atoms with van der Waals surface area (Å²) < 4.78 is 5.25. The summed E-state index contributed by atoms with van der Waals surface area (Å²) >= 11 is 0. The fraction of sp³-hybridized carbons (Fsp3) is 0.389. The smallest absolute Gasteiger partial charge is 0.251 e. The minimum Gasteiger partial charge on any atom is -0.467 e. The molecule has 2 N–H and O–H groups in total. The minimum atomic E-state index is -0.528. The highest BCUT2D eigenvalue weighted by atomic mass is 16.3. The van der Waals surface area contributed by atoms with E-state index in [-0.39, 0.29) is 12.5 Å². The molecule has 1 fully saturated rings. The number of benzene rings is 1. The molecule has 0 aliphatic carbocycles. The van der Waals surface area contributed by atoms with Crippen LogP contribution in [0.15, 0.2) is 47.1 Å². The van der Waals surface area contributed by atoms with Crippen LogP contribution in [0.1, 0.15) is 40.6 Å². The van der Waals surface area contributed by atoms with E-state index in [9.17, 15) is 9.90 Å². The van der Waals surface area contributed by atoms with Gasteiger partial charge in [-0.2, -0.15) is 0 Å². The number of aliphatic hydroxyl groups excluding tert-OH is 1. The number of likely N-dealkylation sites (tertiary alicyclic amines) is 1. The molecule has 1 saturated heterocycles. The van der Waals surface area contributed by atoms with Gasteiger partial charge in [-0.3, -0.25) is 9.69 Å². The van der Waals surface area contributed by atoms with Crippen molar-refractivity contribution in [3.05, 3.63) is 59.5 Å². The van der Waals surface area contributed by atoms with Gasteiger partial charge in [-0.25, -0.2) is 0 Å². The van der Waals surface area contributed by atoms with Gasteiger partial charge in [0.25, 0.3) is 5.91 Å². The van der Waals surface area contributed by atoms with Gasteiger partial charge in [0.1, 0.15) is 11.8 Å². The van der Waals surface area contributed by atoms with Gasteiger partial charge in [-0.15, -0.1) is 0 Å². The van der Waals surface area contributed by atoms with E-state index in [0.717, 1.165) is 25.2 Å². The van der Waals surface area contributed by atoms with Crippen LogP contribution in [0.4, 0.5) is 0 Å². The number of amides is 1. The van der Waals surface area contributed by atoms with Crippen LogP contribution in [0.5, 0.6) is 0 Å². The predicted octanol–water partition coefficient (Wildman–Crippen LogP) is 2.34. The fourth-order valence-electron chi connectivity index (χ4n) is 2.95. The molecule has 1 aromatic heterocycles. The van der Waals surface area contributed by atoms with Crippen molar-refractivity contribution in [2.75, 3.05) is 19.7 Å². The maximum absolute atomic E-state index is 12.4. The Morgan fingerprint density at radius 2 is 2.09 bits per heavy atom. The Hall–Kier alpha value is -2.11. The quantitative estimate of drug-likeness (QED) is 0.859. The van der Waals surface area contributed by atoms with Gasteiger partial charge in [0.2, 0.25) is 0 Å². The summed E-state index contributed by atoms with van der Waals surface area (Å²) in [7, 11) is 0. The van der Waals surface area contributed by atoms with Gasteiger partial charge in [0, 0.05) is 12.1 Å². The van der Waals surface area contributed by atoms with E-state index in [1.54, 1.807) is 18.2 Å². The number of carbonyl (C=O) groups excluding carboxylic acids is 1. The number of carbonyl (C=O) groups is 1. The average Bonchev–Trinajstić information content (AvgIpc) is 3.26. The fourth-order valence-corrected chi connectivity index (χ4v) is 2.95. The summed E-state index contributed by atoms with van der Waals surface area (Å²) in [6.45, 7) is 2.93. The van der Waals surface area contributed by atoms with Crippen LogP contribution < -0.4 is 5.32 Å². The highest BCUT2D eigenvalue weighted by Crippen LogP contribution is 2.16. The zero-order valence-electron chi connectivity index (χ0n) is 13.1. The van der Waals surface area contributed by atoms with Crippen molar-refractivity contribution in [2.24, 2.45) is 0 Å². The average molecular weight is 314 g/mol. The van der Waals surface area contributed by atoms with E-state index in [1.807, 2.05) is 18.2 Å². The number of aliphatic hydroxyl groups is 1. The normalized spacial score (nSPS) is 16.4. The van der Waals surface area contributed by atoms with Crippen LogP contribution in [0.2, 0.25) is 0 Å². The molecule has 0 saturated carbocycles. The van der Waals surface area contributed by atoms with Crippen molar-refractivity contribution in [2.45, 2.75) is 25.4 Å². The minimum absolute atomic E-state index is 0.202. The Balaban J connectivity index is 1.66. The number of furan rings is 1. The molecule has 1 amide bonds. The molecule has 1 aliphatic heterocycles. The molecule has 0 bridgehead atoms. The van der Waals surface area contributed by atoms with Crippen molar-refractivity contribution in [1.82, 2.24) is 10.2 Å². The summed E-state index contributed by atoms with van der Waals surface area (Å²) in [4.78, 5) is 14.8. The molecule has 2 aromatic rings. The monoisotopic (exact) mass is 314 g/mol. The van der Waals surface area contributed by atoms with Crippen molar-refractivity contribution in [1.29, 1.82) is 0 Å². The molecule has 1 unspecified atom stereocenters. The lowest BCUT2D eigenvalue weighted by Gasteiger charge is -2.16. The summed E-state index contributed by atoms with van der Waals surface area (Å²) in [6, 6.07) is 10.6. The third-order valence-corrected chi connectivity index (χ3v) is 4.17. The first kappa shape index (κ1) is 15.8. The summed E-state index contributed by atoms with van der Waals surface area (Å²) in [6.07, 6.45) is 4.03. The van der Waals surface area contributed by atoms with Crippen LogP contribution >= 0.6 is 0 Å². The highest BCUT2D eigenvalue weighted by Gasteiger charge is 2.18. The van der Waals surface area contributed by atoms with Crippen LogP contribution in [-0.2, 0) is 6.54 Å². The Bertz CT molecular complexity index is 633. The largest absolute Gasteiger partial charge is 0.467 e. The first-order valence-corrected chi connectivity index (χ1v) is 8.02. The van der Waals surface area contributed by atoms with Crippen LogP contribution in [0.25, 0.3) is 0 Å². The lowest BCUT2D eigenvalue weighted by atomic mass is 10.1. The van der Waals surface area contributed by atoms with E-state index in [1.165, 1.54) is 19.1 Å². The SMILES string of the molecule is O=C(NC(CO)c1ccco1)c1cccc(CN2CCCC2)c1. The molecular formula is C18H22N2O3. The molecule has 0 radical (unpaired) electrons. The third-order valence-electron chi connectivity index (χ3n) is 4.17. The van der Waals surface area contributed by atoms with Crippen LogP contribution in [0, 0.1) is 0 Å². The van der Waals surface area contributed by atoms with Gasteiger partial charge in [0.15, 0.2) is 0 Å². The molecule has 5 heteroatoms. The molecule has 122 valence electrons. The van der Waals surface area contributed by atoms with Crippen molar-refractivity contribution >= 4 is 5.91 Å². The molecule has 3 rings (SSSR count). The lowest BCUT2D eigenvalue weighted by molar-refractivity contribution is 0.0907. The molecule has 1 atom stereocenters. The highest BCUT2D eigenvalue weighted by molar-refractivity contribution is 5.94. The van der Waals surface area contributed by atoms with Gasteiger partial charge in [0.05, 0.1) is 12.9 Å². The summed E-state index contributed by atoms with van der Waals surface area (Å²) in [5.74, 6) is 0.345. The first-order chi connectivity index (χ1) is 11.3. The van der Waals surface area contributed by atoms with Gasteiger partial charge < -0.3 is 14.8 Å². The van der Waals surface area contributed by atoms with Gasteiger partial charge in [-0.05, 0) is 55.8 Å². The first-order valence-electron chi connectivity index (χ1n) is 8.02. The molecule has 0 spiro atoms. The van der Waals surface area contributed by atoms with Gasteiger partial charge >= 0.3 is 0 Å². The maximum atomic E-state index is 12.4. The van der Waals surface area contributed by atoms with E-state index < -0.39 is 6.04 Å². The van der Waals surface area contributed by atoms with Crippen LogP contribution in [-0.4, -0.2) is 35.6 Å². The number of rotatable bonds is 6. The van der Waals surface area contributed by atoms with Crippen LogP contribution in [0.3, 0.4) is 0 Å². The summed E-state index contributed by atoms with van der Waals surface area (Å²) in [5.41, 5.74) is 1.74. The van der Waals surface area contributed by atoms with Crippen molar-refractivity contribution in [3.63, 3.8) is 0 Å². The molecule has 2 heterocycles. The maximum Gasteiger partial charge on any atom is 0.251 e. The van der Waals surface area contributed by atoms with Crippen molar-refractivity contribution < 1.29 is 14.3 Å². The number of nitrogens with one attached hydrogen (secondary N) is 1. The zero-order valence-corrected chi connectivity index (χ0v) is 13.1. The second kappa shape index (κ2) is 7.44. The predicted molar refractivity (Wildman–Crippen MR) is 87.0 cm³/mol. The molecule has 1 aliphatic rings. The van der Waals surface area contributed by atoms with E-state index in [2.05, 4.69) is 10.2 Å². The Morgan fingerprint density at radius 3 is 2.78 bits per heavy atom. The summed E-state index contributed by atoms with van der Waals surface area (Å²) in [5, 5.41) is 12.3. The second-order valence-corrected chi connectivity index (χ2v) is 5.91. The number of hydrogen-bond donors (Lipinski definition) is 2. The number of hydrogen-bond acceptors (Lipinski definition) is 4. The van der Waals surface area contributed by atoms with E-state index >= 15 is 0 Å². The molecule has 23 heavy (non-hydrogen) atoms. The Morgan fingerprint density at radius 1 is 1.26 bits per heavy atom. The third kappa shape index (κ3) is 4.00. The van der Waals surface area contributed by atoms with E-state index in [4.69, 9.17) is 4.42 Å². The topological polar surface area (TPSA) is 65.7 Å².